The van der Waals surface area contributed by atoms with Gasteiger partial charge in [-0.1, -0.05) is 36.8 Å². The van der Waals surface area contributed by atoms with Crippen molar-refractivity contribution in [3.05, 3.63) is 59.2 Å². The van der Waals surface area contributed by atoms with Gasteiger partial charge in [-0.3, -0.25) is 0 Å². The van der Waals surface area contributed by atoms with Gasteiger partial charge < -0.3 is 10.1 Å². The molecule has 1 N–H and O–H groups in total. The fourth-order valence-corrected chi connectivity index (χ4v) is 4.28. The standard InChI is InChI=1S/C24H28N2O3S/c1-7-18-12-15(2)13-19-9-8-16(3)24(23(18)19)26-17(4)25-21-14-20(30(6,27)28)10-11-22(21)29-5/h8-14H,7H2,1-6H3,(H,25,26). The second-order valence-electron chi connectivity index (χ2n) is 7.56. The number of benzene rings is 3. The highest BCUT2D eigenvalue weighted by Gasteiger charge is 2.13. The highest BCUT2D eigenvalue weighted by Crippen LogP contribution is 2.35. The average molecular weight is 425 g/mol. The molecule has 0 aliphatic carbocycles. The molecule has 0 atom stereocenters. The lowest BCUT2D eigenvalue weighted by Crippen LogP contribution is -2.09. The van der Waals surface area contributed by atoms with Crippen LogP contribution in [0.15, 0.2) is 52.4 Å². The average Bonchev–Trinajstić information content (AvgIpc) is 2.68. The van der Waals surface area contributed by atoms with Crippen molar-refractivity contribution in [2.24, 2.45) is 4.99 Å². The quantitative estimate of drug-likeness (QED) is 0.428. The van der Waals surface area contributed by atoms with Crippen molar-refractivity contribution in [3.63, 3.8) is 0 Å². The van der Waals surface area contributed by atoms with Gasteiger partial charge in [-0.2, -0.15) is 0 Å². The normalized spacial score (nSPS) is 12.3. The van der Waals surface area contributed by atoms with E-state index < -0.39 is 9.84 Å². The highest BCUT2D eigenvalue weighted by molar-refractivity contribution is 7.90. The van der Waals surface area contributed by atoms with Crippen LogP contribution < -0.4 is 10.1 Å². The summed E-state index contributed by atoms with van der Waals surface area (Å²) >= 11 is 0. The van der Waals surface area contributed by atoms with Crippen molar-refractivity contribution in [3.8, 4) is 5.75 Å². The number of methoxy groups -OCH3 is 1. The van der Waals surface area contributed by atoms with Crippen LogP contribution in [-0.2, 0) is 16.3 Å². The van der Waals surface area contributed by atoms with E-state index in [1.54, 1.807) is 19.2 Å². The number of aliphatic imine (C=N–C) groups is 1. The number of amidine groups is 1. The number of nitrogens with zero attached hydrogens (tertiary/aromatic N) is 1. The summed E-state index contributed by atoms with van der Waals surface area (Å²) in [5.41, 5.74) is 5.06. The fraction of sp³-hybridized carbons (Fsp3) is 0.292. The van der Waals surface area contributed by atoms with E-state index in [1.165, 1.54) is 28.8 Å². The van der Waals surface area contributed by atoms with E-state index in [-0.39, 0.29) is 4.90 Å². The van der Waals surface area contributed by atoms with Gasteiger partial charge in [0.1, 0.15) is 11.6 Å². The molecule has 6 heteroatoms. The fourth-order valence-electron chi connectivity index (χ4n) is 3.63. The molecule has 0 aliphatic rings. The molecule has 0 aromatic heterocycles. The molecule has 0 amide bonds. The third kappa shape index (κ3) is 4.49. The van der Waals surface area contributed by atoms with E-state index in [0.29, 0.717) is 17.3 Å². The number of sulfone groups is 1. The van der Waals surface area contributed by atoms with Crippen LogP contribution in [0.4, 0.5) is 11.4 Å². The van der Waals surface area contributed by atoms with Gasteiger partial charge in [0.15, 0.2) is 9.84 Å². The summed E-state index contributed by atoms with van der Waals surface area (Å²) in [5, 5.41) is 5.54. The minimum Gasteiger partial charge on any atom is -0.495 e. The van der Waals surface area contributed by atoms with Crippen molar-refractivity contribution in [1.29, 1.82) is 0 Å². The number of rotatable bonds is 5. The number of hydrogen-bond acceptors (Lipinski definition) is 4. The van der Waals surface area contributed by atoms with Gasteiger partial charge in [-0.05, 0) is 61.9 Å². The molecule has 0 saturated carbocycles. The van der Waals surface area contributed by atoms with E-state index in [0.717, 1.165) is 23.1 Å². The second kappa shape index (κ2) is 8.48. The lowest BCUT2D eigenvalue weighted by molar-refractivity contribution is 0.416. The van der Waals surface area contributed by atoms with Gasteiger partial charge in [0, 0.05) is 11.6 Å². The van der Waals surface area contributed by atoms with Crippen LogP contribution in [0, 0.1) is 13.8 Å². The summed E-state index contributed by atoms with van der Waals surface area (Å²) in [4.78, 5) is 5.11. The van der Waals surface area contributed by atoms with Crippen molar-refractivity contribution >= 4 is 37.8 Å². The van der Waals surface area contributed by atoms with Crippen molar-refractivity contribution < 1.29 is 13.2 Å². The van der Waals surface area contributed by atoms with E-state index >= 15 is 0 Å². The zero-order chi connectivity index (χ0) is 22.1. The number of nitrogens with one attached hydrogen (secondary N) is 1. The Morgan fingerprint density at radius 3 is 2.47 bits per heavy atom. The smallest absolute Gasteiger partial charge is 0.175 e. The highest BCUT2D eigenvalue weighted by atomic mass is 32.2. The van der Waals surface area contributed by atoms with Gasteiger partial charge in [0.05, 0.1) is 23.4 Å². The lowest BCUT2D eigenvalue weighted by atomic mass is 9.96. The van der Waals surface area contributed by atoms with Gasteiger partial charge in [-0.15, -0.1) is 0 Å². The molecule has 0 unspecified atom stereocenters. The Hall–Kier alpha value is -2.86. The minimum atomic E-state index is -3.33. The van der Waals surface area contributed by atoms with E-state index in [2.05, 4.69) is 50.4 Å². The van der Waals surface area contributed by atoms with Crippen molar-refractivity contribution in [2.75, 3.05) is 18.7 Å². The van der Waals surface area contributed by atoms with Gasteiger partial charge in [0.2, 0.25) is 0 Å². The maximum Gasteiger partial charge on any atom is 0.175 e. The minimum absolute atomic E-state index is 0.226. The van der Waals surface area contributed by atoms with Crippen LogP contribution in [0.25, 0.3) is 10.8 Å². The zero-order valence-corrected chi connectivity index (χ0v) is 19.1. The number of hydrogen-bond donors (Lipinski definition) is 1. The predicted octanol–water partition coefficient (Wildman–Crippen LogP) is 5.59. The Morgan fingerprint density at radius 2 is 1.83 bits per heavy atom. The number of fused-ring (bicyclic) bond motifs is 1. The largest absolute Gasteiger partial charge is 0.495 e. The number of anilines is 1. The number of aryl methyl sites for hydroxylation is 3. The Bertz CT molecular complexity index is 1250. The monoisotopic (exact) mass is 424 g/mol. The van der Waals surface area contributed by atoms with E-state index in [9.17, 15) is 8.42 Å². The first-order valence-corrected chi connectivity index (χ1v) is 11.8. The molecule has 3 rings (SSSR count). The summed E-state index contributed by atoms with van der Waals surface area (Å²) in [5.74, 6) is 1.20. The molecule has 0 heterocycles. The van der Waals surface area contributed by atoms with E-state index in [4.69, 9.17) is 9.73 Å². The van der Waals surface area contributed by atoms with Crippen molar-refractivity contribution in [1.82, 2.24) is 0 Å². The summed E-state index contributed by atoms with van der Waals surface area (Å²) in [6, 6.07) is 13.4. The molecule has 5 nitrogen and oxygen atoms in total. The molecule has 3 aromatic carbocycles. The van der Waals surface area contributed by atoms with Gasteiger partial charge in [0.25, 0.3) is 0 Å². The SMILES string of the molecule is CCc1cc(C)cc2ccc(C)c(N=C(C)Nc3cc(S(C)(=O)=O)ccc3OC)c12. The first-order valence-electron chi connectivity index (χ1n) is 9.87. The molecular formula is C24H28N2O3S. The first-order chi connectivity index (χ1) is 14.1. The molecule has 0 bridgehead atoms. The number of ether oxygens (including phenoxy) is 1. The van der Waals surface area contributed by atoms with Crippen LogP contribution in [0.3, 0.4) is 0 Å². The molecular weight excluding hydrogens is 396 g/mol. The van der Waals surface area contributed by atoms with Crippen LogP contribution in [0.1, 0.15) is 30.5 Å². The van der Waals surface area contributed by atoms with E-state index in [1.807, 2.05) is 6.92 Å². The van der Waals surface area contributed by atoms with Crippen molar-refractivity contribution in [2.45, 2.75) is 39.0 Å². The zero-order valence-electron chi connectivity index (χ0n) is 18.3. The molecule has 0 aliphatic heterocycles. The predicted molar refractivity (Wildman–Crippen MR) is 125 cm³/mol. The third-order valence-electron chi connectivity index (χ3n) is 5.09. The Labute approximate surface area is 178 Å². The lowest BCUT2D eigenvalue weighted by Gasteiger charge is -2.15. The summed E-state index contributed by atoms with van der Waals surface area (Å²) in [7, 11) is -1.78. The molecule has 30 heavy (non-hydrogen) atoms. The molecule has 0 saturated heterocycles. The molecule has 0 radical (unpaired) electrons. The summed E-state index contributed by atoms with van der Waals surface area (Å²) < 4.78 is 29.3. The summed E-state index contributed by atoms with van der Waals surface area (Å²) in [6.45, 7) is 8.17. The Morgan fingerprint density at radius 1 is 1.10 bits per heavy atom. The van der Waals surface area contributed by atoms with Crippen LogP contribution >= 0.6 is 0 Å². The van der Waals surface area contributed by atoms with Crippen LogP contribution in [-0.4, -0.2) is 27.6 Å². The molecule has 158 valence electrons. The second-order valence-corrected chi connectivity index (χ2v) is 9.58. The first kappa shape index (κ1) is 21.8. The Kier molecular flexibility index (Phi) is 6.17. The Balaban J connectivity index is 2.11. The topological polar surface area (TPSA) is 67.8 Å². The summed E-state index contributed by atoms with van der Waals surface area (Å²) in [6.07, 6.45) is 2.11. The third-order valence-corrected chi connectivity index (χ3v) is 6.20. The maximum atomic E-state index is 12.0. The van der Waals surface area contributed by atoms with Gasteiger partial charge in [-0.25, -0.2) is 13.4 Å². The molecule has 0 fully saturated rings. The van der Waals surface area contributed by atoms with Crippen LogP contribution in [0.5, 0.6) is 5.75 Å². The molecule has 0 spiro atoms. The van der Waals surface area contributed by atoms with Gasteiger partial charge >= 0.3 is 0 Å². The molecule has 3 aromatic rings. The van der Waals surface area contributed by atoms with Crippen LogP contribution in [0.2, 0.25) is 0 Å². The maximum absolute atomic E-state index is 12.0.